The van der Waals surface area contributed by atoms with Gasteiger partial charge in [0, 0.05) is 11.8 Å². The van der Waals surface area contributed by atoms with E-state index < -0.39 is 11.5 Å². The van der Waals surface area contributed by atoms with E-state index in [9.17, 15) is 9.90 Å². The van der Waals surface area contributed by atoms with Crippen molar-refractivity contribution in [3.05, 3.63) is 34.9 Å². The fourth-order valence-electron chi connectivity index (χ4n) is 1.81. The second-order valence-corrected chi connectivity index (χ2v) is 5.40. The second-order valence-electron chi connectivity index (χ2n) is 5.40. The van der Waals surface area contributed by atoms with E-state index in [0.29, 0.717) is 0 Å². The molecule has 0 aliphatic heterocycles. The van der Waals surface area contributed by atoms with Gasteiger partial charge in [0.05, 0.1) is 6.10 Å². The summed E-state index contributed by atoms with van der Waals surface area (Å²) in [5.74, 6) is 0.0794. The average Bonchev–Trinajstić information content (AvgIpc) is 2.20. The molecule has 1 aromatic carbocycles. The Hall–Kier alpha value is -1.15. The van der Waals surface area contributed by atoms with Gasteiger partial charge < -0.3 is 5.11 Å². The van der Waals surface area contributed by atoms with E-state index in [0.717, 1.165) is 5.56 Å². The van der Waals surface area contributed by atoms with Crippen molar-refractivity contribution in [3.8, 4) is 0 Å². The van der Waals surface area contributed by atoms with Gasteiger partial charge in [0.25, 0.3) is 0 Å². The Balaban J connectivity index is 3.03. The lowest BCUT2D eigenvalue weighted by Crippen LogP contribution is -2.31. The first kappa shape index (κ1) is 13.9. The van der Waals surface area contributed by atoms with E-state index in [2.05, 4.69) is 13.0 Å². The van der Waals surface area contributed by atoms with Gasteiger partial charge in [-0.25, -0.2) is 0 Å². The van der Waals surface area contributed by atoms with Crippen molar-refractivity contribution in [2.45, 2.75) is 52.6 Å². The van der Waals surface area contributed by atoms with E-state index in [1.165, 1.54) is 11.1 Å². The van der Waals surface area contributed by atoms with E-state index in [4.69, 9.17) is 0 Å². The molecule has 0 aliphatic carbocycles. The third-order valence-corrected chi connectivity index (χ3v) is 3.41. The van der Waals surface area contributed by atoms with Crippen LogP contribution in [0.2, 0.25) is 0 Å². The topological polar surface area (TPSA) is 37.3 Å². The lowest BCUT2D eigenvalue weighted by molar-refractivity contribution is -0.125. The zero-order chi connectivity index (χ0) is 13.2. The minimum atomic E-state index is -0.576. The van der Waals surface area contributed by atoms with Crippen LogP contribution in [0.15, 0.2) is 18.2 Å². The summed E-state index contributed by atoms with van der Waals surface area (Å²) in [6, 6.07) is 6.11. The molecule has 0 saturated heterocycles. The second kappa shape index (κ2) is 5.01. The molecular weight excluding hydrogens is 212 g/mol. The van der Waals surface area contributed by atoms with Gasteiger partial charge in [-0.3, -0.25) is 4.79 Å². The molecule has 0 bridgehead atoms. The van der Waals surface area contributed by atoms with Crippen LogP contribution in [0, 0.1) is 13.8 Å². The van der Waals surface area contributed by atoms with Crippen LogP contribution in [-0.2, 0) is 10.2 Å². The molecule has 17 heavy (non-hydrogen) atoms. The summed E-state index contributed by atoms with van der Waals surface area (Å²) < 4.78 is 0. The molecule has 1 rings (SSSR count). The first-order chi connectivity index (χ1) is 7.75. The van der Waals surface area contributed by atoms with E-state index in [1.807, 2.05) is 32.9 Å². The molecule has 1 N–H and O–H groups in total. The normalized spacial score (nSPS) is 13.5. The van der Waals surface area contributed by atoms with Crippen LogP contribution in [0.25, 0.3) is 0 Å². The lowest BCUT2D eigenvalue weighted by atomic mass is 9.78. The van der Waals surface area contributed by atoms with E-state index >= 15 is 0 Å². The van der Waals surface area contributed by atoms with Crippen LogP contribution in [0.3, 0.4) is 0 Å². The standard InChI is InChI=1S/C15H22O2/c1-10-6-7-13(8-11(10)2)15(4,5)14(17)9-12(3)16/h6-8,12,16H,9H2,1-5H3. The summed E-state index contributed by atoms with van der Waals surface area (Å²) in [5.41, 5.74) is 2.91. The number of Topliss-reactive ketones (excluding diaryl/α,β-unsaturated/α-hetero) is 1. The molecular formula is C15H22O2. The highest BCUT2D eigenvalue weighted by Gasteiger charge is 2.30. The van der Waals surface area contributed by atoms with Crippen LogP contribution < -0.4 is 0 Å². The van der Waals surface area contributed by atoms with Gasteiger partial charge in [-0.05, 0) is 51.3 Å². The molecule has 1 unspecified atom stereocenters. The number of aryl methyl sites for hydroxylation is 2. The molecule has 0 fully saturated rings. The van der Waals surface area contributed by atoms with Gasteiger partial charge in [-0.1, -0.05) is 18.2 Å². The zero-order valence-electron chi connectivity index (χ0n) is 11.4. The Morgan fingerprint density at radius 3 is 2.35 bits per heavy atom. The first-order valence-corrected chi connectivity index (χ1v) is 6.04. The maximum Gasteiger partial charge on any atom is 0.145 e. The Morgan fingerprint density at radius 2 is 1.88 bits per heavy atom. The minimum Gasteiger partial charge on any atom is -0.393 e. The molecule has 0 aliphatic rings. The van der Waals surface area contributed by atoms with Crippen LogP contribution in [-0.4, -0.2) is 17.0 Å². The molecule has 94 valence electrons. The number of carbonyl (C=O) groups excluding carboxylic acids is 1. The van der Waals surface area contributed by atoms with Crippen LogP contribution in [0.5, 0.6) is 0 Å². The first-order valence-electron chi connectivity index (χ1n) is 6.04. The smallest absolute Gasteiger partial charge is 0.145 e. The Kier molecular flexibility index (Phi) is 4.10. The fraction of sp³-hybridized carbons (Fsp3) is 0.533. The number of rotatable bonds is 4. The molecule has 1 aromatic rings. The van der Waals surface area contributed by atoms with Crippen molar-refractivity contribution >= 4 is 5.78 Å². The largest absolute Gasteiger partial charge is 0.393 e. The van der Waals surface area contributed by atoms with Gasteiger partial charge >= 0.3 is 0 Å². The Morgan fingerprint density at radius 1 is 1.29 bits per heavy atom. The predicted molar refractivity (Wildman–Crippen MR) is 70.2 cm³/mol. The number of ketones is 1. The predicted octanol–water partition coefficient (Wildman–Crippen LogP) is 2.92. The van der Waals surface area contributed by atoms with Gasteiger partial charge in [-0.2, -0.15) is 0 Å². The molecule has 0 spiro atoms. The summed E-state index contributed by atoms with van der Waals surface area (Å²) in [4.78, 5) is 12.1. The minimum absolute atomic E-state index is 0.0794. The molecule has 0 saturated carbocycles. The number of aliphatic hydroxyl groups excluding tert-OH is 1. The van der Waals surface area contributed by atoms with Crippen molar-refractivity contribution in [1.29, 1.82) is 0 Å². The zero-order valence-corrected chi connectivity index (χ0v) is 11.4. The van der Waals surface area contributed by atoms with Crippen molar-refractivity contribution in [1.82, 2.24) is 0 Å². The number of carbonyl (C=O) groups is 1. The van der Waals surface area contributed by atoms with E-state index in [1.54, 1.807) is 6.92 Å². The average molecular weight is 234 g/mol. The Labute approximate surface area is 104 Å². The maximum atomic E-state index is 12.1. The van der Waals surface area contributed by atoms with Crippen LogP contribution in [0.4, 0.5) is 0 Å². The molecule has 2 heteroatoms. The summed E-state index contributed by atoms with van der Waals surface area (Å²) in [6.45, 7) is 9.59. The molecule has 0 aromatic heterocycles. The monoisotopic (exact) mass is 234 g/mol. The molecule has 1 atom stereocenters. The number of hydrogen-bond acceptors (Lipinski definition) is 2. The van der Waals surface area contributed by atoms with Crippen molar-refractivity contribution in [3.63, 3.8) is 0 Å². The Bertz CT molecular complexity index is 417. The summed E-state index contributed by atoms with van der Waals surface area (Å²) in [7, 11) is 0. The van der Waals surface area contributed by atoms with Crippen LogP contribution >= 0.6 is 0 Å². The third kappa shape index (κ3) is 3.16. The summed E-state index contributed by atoms with van der Waals surface area (Å²) in [5, 5.41) is 9.31. The van der Waals surface area contributed by atoms with Crippen molar-refractivity contribution < 1.29 is 9.90 Å². The maximum absolute atomic E-state index is 12.1. The fourth-order valence-corrected chi connectivity index (χ4v) is 1.81. The highest BCUT2D eigenvalue weighted by molar-refractivity contribution is 5.89. The SMILES string of the molecule is Cc1ccc(C(C)(C)C(=O)CC(C)O)cc1C. The number of aliphatic hydroxyl groups is 1. The highest BCUT2D eigenvalue weighted by Crippen LogP contribution is 2.27. The third-order valence-electron chi connectivity index (χ3n) is 3.41. The van der Waals surface area contributed by atoms with E-state index in [-0.39, 0.29) is 12.2 Å². The molecule has 0 amide bonds. The van der Waals surface area contributed by atoms with Gasteiger partial charge in [0.2, 0.25) is 0 Å². The van der Waals surface area contributed by atoms with Gasteiger partial charge in [0.1, 0.15) is 5.78 Å². The molecule has 2 nitrogen and oxygen atoms in total. The highest BCUT2D eigenvalue weighted by atomic mass is 16.3. The lowest BCUT2D eigenvalue weighted by Gasteiger charge is -2.25. The van der Waals surface area contributed by atoms with Crippen molar-refractivity contribution in [2.75, 3.05) is 0 Å². The van der Waals surface area contributed by atoms with Crippen molar-refractivity contribution in [2.24, 2.45) is 0 Å². The molecule has 0 heterocycles. The summed E-state index contributed by atoms with van der Waals surface area (Å²) in [6.07, 6.45) is -0.367. The van der Waals surface area contributed by atoms with Gasteiger partial charge in [-0.15, -0.1) is 0 Å². The summed E-state index contributed by atoms with van der Waals surface area (Å²) >= 11 is 0. The van der Waals surface area contributed by atoms with Gasteiger partial charge in [0.15, 0.2) is 0 Å². The molecule has 0 radical (unpaired) electrons. The number of hydrogen-bond donors (Lipinski definition) is 1. The number of benzene rings is 1. The quantitative estimate of drug-likeness (QED) is 0.869. The van der Waals surface area contributed by atoms with Crippen LogP contribution in [0.1, 0.15) is 43.9 Å².